The highest BCUT2D eigenvalue weighted by molar-refractivity contribution is 5.14. The summed E-state index contributed by atoms with van der Waals surface area (Å²) in [6.07, 6.45) is 3.57. The minimum atomic E-state index is -0.320. The molecule has 0 radical (unpaired) electrons. The number of aliphatic hydroxyl groups is 1. The Hall–Kier alpha value is -0.960. The second kappa shape index (κ2) is 3.44. The summed E-state index contributed by atoms with van der Waals surface area (Å²) in [6.45, 7) is 3.67. The van der Waals surface area contributed by atoms with Gasteiger partial charge in [-0.05, 0) is 19.4 Å². The molecule has 1 heterocycles. The molecule has 1 aromatic rings. The summed E-state index contributed by atoms with van der Waals surface area (Å²) in [5.41, 5.74) is 1.96. The molecule has 0 aliphatic carbocycles. The summed E-state index contributed by atoms with van der Waals surface area (Å²) in [5.74, 6) is 0. The monoisotopic (exact) mass is 152 g/mol. The van der Waals surface area contributed by atoms with Gasteiger partial charge < -0.3 is 5.11 Å². The van der Waals surface area contributed by atoms with E-state index < -0.39 is 0 Å². The maximum atomic E-state index is 9.07. The van der Waals surface area contributed by atoms with E-state index in [0.29, 0.717) is 6.42 Å². The van der Waals surface area contributed by atoms with Gasteiger partial charge in [0.05, 0.1) is 6.10 Å². The van der Waals surface area contributed by atoms with Gasteiger partial charge in [0.1, 0.15) is 6.33 Å². The molecule has 0 amide bonds. The Kier molecular flexibility index (Phi) is 2.54. The van der Waals surface area contributed by atoms with Crippen molar-refractivity contribution in [3.05, 3.63) is 23.8 Å². The predicted octanol–water partition coefficient (Wildman–Crippen LogP) is 0.708. The van der Waals surface area contributed by atoms with Crippen molar-refractivity contribution in [3.63, 3.8) is 0 Å². The molecule has 1 rings (SSSR count). The summed E-state index contributed by atoms with van der Waals surface area (Å²) >= 11 is 0. The zero-order chi connectivity index (χ0) is 8.27. The van der Waals surface area contributed by atoms with Crippen LogP contribution >= 0.6 is 0 Å². The van der Waals surface area contributed by atoms with E-state index in [4.69, 9.17) is 5.11 Å². The van der Waals surface area contributed by atoms with Crippen LogP contribution in [-0.2, 0) is 6.42 Å². The Morgan fingerprint density at radius 2 is 2.36 bits per heavy atom. The van der Waals surface area contributed by atoms with Crippen molar-refractivity contribution in [3.8, 4) is 0 Å². The van der Waals surface area contributed by atoms with Crippen LogP contribution in [-0.4, -0.2) is 21.2 Å². The van der Waals surface area contributed by atoms with Crippen molar-refractivity contribution in [1.82, 2.24) is 9.97 Å². The largest absolute Gasteiger partial charge is 0.393 e. The van der Waals surface area contributed by atoms with Crippen LogP contribution in [0.2, 0.25) is 0 Å². The molecule has 1 aromatic heterocycles. The van der Waals surface area contributed by atoms with Crippen molar-refractivity contribution < 1.29 is 5.11 Å². The van der Waals surface area contributed by atoms with Gasteiger partial charge in [-0.3, -0.25) is 0 Å². The highest BCUT2D eigenvalue weighted by Crippen LogP contribution is 2.04. The van der Waals surface area contributed by atoms with Gasteiger partial charge in [0, 0.05) is 18.3 Å². The molecule has 0 unspecified atom stereocenters. The second-order valence-electron chi connectivity index (χ2n) is 2.69. The summed E-state index contributed by atoms with van der Waals surface area (Å²) in [5, 5.41) is 9.07. The molecule has 0 aromatic carbocycles. The highest BCUT2D eigenvalue weighted by Gasteiger charge is 2.02. The van der Waals surface area contributed by atoms with Gasteiger partial charge >= 0.3 is 0 Å². The van der Waals surface area contributed by atoms with Crippen LogP contribution in [0.1, 0.15) is 18.2 Å². The van der Waals surface area contributed by atoms with Crippen molar-refractivity contribution in [1.29, 1.82) is 0 Å². The zero-order valence-electron chi connectivity index (χ0n) is 6.78. The van der Waals surface area contributed by atoms with E-state index in [0.717, 1.165) is 11.3 Å². The molecule has 1 atom stereocenters. The van der Waals surface area contributed by atoms with Gasteiger partial charge in [-0.15, -0.1) is 0 Å². The first-order chi connectivity index (χ1) is 5.20. The molecular formula is C8H12N2O. The fourth-order valence-corrected chi connectivity index (χ4v) is 0.938. The van der Waals surface area contributed by atoms with Gasteiger partial charge in [0.15, 0.2) is 0 Å². The Morgan fingerprint density at radius 1 is 1.64 bits per heavy atom. The third-order valence-corrected chi connectivity index (χ3v) is 1.53. The van der Waals surface area contributed by atoms with E-state index >= 15 is 0 Å². The molecule has 0 saturated carbocycles. The minimum absolute atomic E-state index is 0.320. The number of hydrogen-bond acceptors (Lipinski definition) is 3. The molecule has 0 spiro atoms. The Bertz CT molecular complexity index is 235. The SMILES string of the molecule is Cc1ncncc1C[C@@H](C)O. The van der Waals surface area contributed by atoms with Crippen LogP contribution in [0.15, 0.2) is 12.5 Å². The van der Waals surface area contributed by atoms with Gasteiger partial charge in [-0.25, -0.2) is 9.97 Å². The van der Waals surface area contributed by atoms with Crippen molar-refractivity contribution in [2.24, 2.45) is 0 Å². The Morgan fingerprint density at radius 3 is 2.91 bits per heavy atom. The highest BCUT2D eigenvalue weighted by atomic mass is 16.3. The second-order valence-corrected chi connectivity index (χ2v) is 2.69. The smallest absolute Gasteiger partial charge is 0.115 e. The minimum Gasteiger partial charge on any atom is -0.393 e. The van der Waals surface area contributed by atoms with Gasteiger partial charge in [-0.2, -0.15) is 0 Å². The molecular weight excluding hydrogens is 140 g/mol. The van der Waals surface area contributed by atoms with E-state index in [1.165, 1.54) is 6.33 Å². The molecule has 3 heteroatoms. The maximum absolute atomic E-state index is 9.07. The van der Waals surface area contributed by atoms with Crippen molar-refractivity contribution >= 4 is 0 Å². The number of nitrogens with zero attached hydrogens (tertiary/aromatic N) is 2. The number of rotatable bonds is 2. The topological polar surface area (TPSA) is 46.0 Å². The van der Waals surface area contributed by atoms with Crippen molar-refractivity contribution in [2.75, 3.05) is 0 Å². The first-order valence-corrected chi connectivity index (χ1v) is 3.63. The zero-order valence-corrected chi connectivity index (χ0v) is 6.78. The van der Waals surface area contributed by atoms with Crippen LogP contribution in [0, 0.1) is 6.92 Å². The van der Waals surface area contributed by atoms with Gasteiger partial charge in [0.25, 0.3) is 0 Å². The third-order valence-electron chi connectivity index (χ3n) is 1.53. The van der Waals surface area contributed by atoms with E-state index in [9.17, 15) is 0 Å². The quantitative estimate of drug-likeness (QED) is 0.678. The molecule has 0 saturated heterocycles. The molecule has 60 valence electrons. The maximum Gasteiger partial charge on any atom is 0.115 e. The van der Waals surface area contributed by atoms with E-state index in [-0.39, 0.29) is 6.10 Å². The number of hydrogen-bond donors (Lipinski definition) is 1. The molecule has 0 aliphatic heterocycles. The first-order valence-electron chi connectivity index (χ1n) is 3.63. The molecule has 0 bridgehead atoms. The van der Waals surface area contributed by atoms with Crippen molar-refractivity contribution in [2.45, 2.75) is 26.4 Å². The summed E-state index contributed by atoms with van der Waals surface area (Å²) in [7, 11) is 0. The van der Waals surface area contributed by atoms with E-state index in [1.807, 2.05) is 6.92 Å². The Balaban J connectivity index is 2.78. The lowest BCUT2D eigenvalue weighted by molar-refractivity contribution is 0.195. The normalized spacial score (nSPS) is 13.0. The summed E-state index contributed by atoms with van der Waals surface area (Å²) in [4.78, 5) is 7.89. The number of aliphatic hydroxyl groups excluding tert-OH is 1. The summed E-state index contributed by atoms with van der Waals surface area (Å²) in [6, 6.07) is 0. The molecule has 0 aliphatic rings. The van der Waals surface area contributed by atoms with Crippen LogP contribution < -0.4 is 0 Å². The Labute approximate surface area is 66.1 Å². The number of aromatic nitrogens is 2. The molecule has 11 heavy (non-hydrogen) atoms. The molecule has 0 fully saturated rings. The lowest BCUT2D eigenvalue weighted by Crippen LogP contribution is -2.06. The van der Waals surface area contributed by atoms with E-state index in [2.05, 4.69) is 9.97 Å². The third kappa shape index (κ3) is 2.27. The first kappa shape index (κ1) is 8.14. The fraction of sp³-hybridized carbons (Fsp3) is 0.500. The van der Waals surface area contributed by atoms with E-state index in [1.54, 1.807) is 13.1 Å². The average molecular weight is 152 g/mol. The molecule has 3 nitrogen and oxygen atoms in total. The van der Waals surface area contributed by atoms with Gasteiger partial charge in [0.2, 0.25) is 0 Å². The molecule has 1 N–H and O–H groups in total. The standard InChI is InChI=1S/C8H12N2O/c1-6(11)3-8-4-9-5-10-7(8)2/h4-6,11H,3H2,1-2H3/t6-/m1/s1. The van der Waals surface area contributed by atoms with Crippen LogP contribution in [0.3, 0.4) is 0 Å². The van der Waals surface area contributed by atoms with Crippen LogP contribution in [0.25, 0.3) is 0 Å². The summed E-state index contributed by atoms with van der Waals surface area (Å²) < 4.78 is 0. The lowest BCUT2D eigenvalue weighted by atomic mass is 10.1. The lowest BCUT2D eigenvalue weighted by Gasteiger charge is -2.04. The van der Waals surface area contributed by atoms with Crippen LogP contribution in [0.5, 0.6) is 0 Å². The number of aryl methyl sites for hydroxylation is 1. The fourth-order valence-electron chi connectivity index (χ4n) is 0.938. The predicted molar refractivity (Wildman–Crippen MR) is 42.2 cm³/mol. The van der Waals surface area contributed by atoms with Gasteiger partial charge in [-0.1, -0.05) is 0 Å². The van der Waals surface area contributed by atoms with Crippen LogP contribution in [0.4, 0.5) is 0 Å². The average Bonchev–Trinajstić information content (AvgIpc) is 1.93.